The lowest BCUT2D eigenvalue weighted by molar-refractivity contribution is 0.0945. The quantitative estimate of drug-likeness (QED) is 0.502. The number of carbonyl (C=O) groups excluding carboxylic acids is 2. The molecule has 7 nitrogen and oxygen atoms in total. The van der Waals surface area contributed by atoms with Crippen LogP contribution in [0.4, 0.5) is 5.69 Å². The number of thiocarbonyl (C=S) groups is 1. The Morgan fingerprint density at radius 3 is 2.47 bits per heavy atom. The molecule has 3 aromatic rings. The van der Waals surface area contributed by atoms with Crippen molar-refractivity contribution >= 4 is 34.8 Å². The van der Waals surface area contributed by atoms with E-state index in [2.05, 4.69) is 16.0 Å². The topological polar surface area (TPSA) is 92.6 Å². The van der Waals surface area contributed by atoms with Gasteiger partial charge in [0.15, 0.2) is 5.11 Å². The van der Waals surface area contributed by atoms with Gasteiger partial charge in [0.2, 0.25) is 0 Å². The molecule has 1 aromatic heterocycles. The standard InChI is InChI=1S/C22H21N3O4S/c1-2-28-19-8-4-3-7-18(19)21(27)25-22(30)24-16-11-9-15(10-12-16)20(26)23-14-17-6-5-13-29-17/h3-13H,2,14H2,1H3,(H,23,26)(H2,24,25,27,30). The van der Waals surface area contributed by atoms with E-state index in [1.54, 1.807) is 66.9 Å². The van der Waals surface area contributed by atoms with Gasteiger partial charge >= 0.3 is 0 Å². The average Bonchev–Trinajstić information content (AvgIpc) is 3.27. The summed E-state index contributed by atoms with van der Waals surface area (Å²) in [6, 6.07) is 17.2. The maximum atomic E-state index is 12.5. The zero-order valence-corrected chi connectivity index (χ0v) is 17.1. The van der Waals surface area contributed by atoms with Gasteiger partial charge in [-0.1, -0.05) is 12.1 Å². The highest BCUT2D eigenvalue weighted by molar-refractivity contribution is 7.80. The van der Waals surface area contributed by atoms with E-state index in [0.717, 1.165) is 0 Å². The zero-order chi connectivity index (χ0) is 21.3. The Hall–Kier alpha value is -3.65. The molecule has 0 saturated carbocycles. The van der Waals surface area contributed by atoms with Crippen LogP contribution in [-0.2, 0) is 6.54 Å². The number of anilines is 1. The molecule has 0 spiro atoms. The molecule has 2 amide bonds. The smallest absolute Gasteiger partial charge is 0.261 e. The molecule has 0 atom stereocenters. The summed E-state index contributed by atoms with van der Waals surface area (Å²) >= 11 is 5.22. The number of rotatable bonds is 7. The molecule has 3 rings (SSSR count). The van der Waals surface area contributed by atoms with Crippen LogP contribution in [0.5, 0.6) is 5.75 Å². The highest BCUT2D eigenvalue weighted by Crippen LogP contribution is 2.18. The van der Waals surface area contributed by atoms with Gasteiger partial charge < -0.3 is 19.8 Å². The summed E-state index contributed by atoms with van der Waals surface area (Å²) in [5.74, 6) is 0.575. The zero-order valence-electron chi connectivity index (χ0n) is 16.3. The predicted molar refractivity (Wildman–Crippen MR) is 118 cm³/mol. The van der Waals surface area contributed by atoms with Crippen molar-refractivity contribution in [2.24, 2.45) is 0 Å². The van der Waals surface area contributed by atoms with Crippen LogP contribution in [0.25, 0.3) is 0 Å². The average molecular weight is 423 g/mol. The maximum Gasteiger partial charge on any atom is 0.261 e. The van der Waals surface area contributed by atoms with Crippen LogP contribution in [0.1, 0.15) is 33.4 Å². The Kier molecular flexibility index (Phi) is 7.18. The summed E-state index contributed by atoms with van der Waals surface area (Å²) in [7, 11) is 0. The van der Waals surface area contributed by atoms with Crippen molar-refractivity contribution in [2.45, 2.75) is 13.5 Å². The Morgan fingerprint density at radius 1 is 1.00 bits per heavy atom. The molecular formula is C22H21N3O4S. The van der Waals surface area contributed by atoms with Crippen LogP contribution in [0, 0.1) is 0 Å². The van der Waals surface area contributed by atoms with E-state index in [9.17, 15) is 9.59 Å². The molecule has 0 saturated heterocycles. The molecule has 0 bridgehead atoms. The van der Waals surface area contributed by atoms with Crippen molar-refractivity contribution in [1.82, 2.24) is 10.6 Å². The Labute approximate surface area is 179 Å². The van der Waals surface area contributed by atoms with Gasteiger partial charge in [-0.05, 0) is 67.7 Å². The molecular weight excluding hydrogens is 402 g/mol. The van der Waals surface area contributed by atoms with Crippen LogP contribution in [-0.4, -0.2) is 23.5 Å². The molecule has 0 fully saturated rings. The molecule has 1 heterocycles. The second-order valence-corrected chi connectivity index (χ2v) is 6.59. The lowest BCUT2D eigenvalue weighted by atomic mass is 10.2. The largest absolute Gasteiger partial charge is 0.493 e. The minimum Gasteiger partial charge on any atom is -0.493 e. The summed E-state index contributed by atoms with van der Waals surface area (Å²) in [6.07, 6.45) is 1.55. The number of amides is 2. The van der Waals surface area contributed by atoms with Crippen molar-refractivity contribution < 1.29 is 18.7 Å². The van der Waals surface area contributed by atoms with E-state index in [1.807, 2.05) is 6.92 Å². The molecule has 3 N–H and O–H groups in total. The first-order chi connectivity index (χ1) is 14.6. The van der Waals surface area contributed by atoms with Crippen LogP contribution < -0.4 is 20.7 Å². The van der Waals surface area contributed by atoms with Gasteiger partial charge in [-0.3, -0.25) is 14.9 Å². The first-order valence-corrected chi connectivity index (χ1v) is 9.72. The molecule has 30 heavy (non-hydrogen) atoms. The predicted octanol–water partition coefficient (Wildman–Crippen LogP) is 3.74. The minimum atomic E-state index is -0.370. The third-order valence-corrected chi connectivity index (χ3v) is 4.27. The molecule has 0 aliphatic heterocycles. The van der Waals surface area contributed by atoms with E-state index < -0.39 is 0 Å². The second-order valence-electron chi connectivity index (χ2n) is 6.18. The first-order valence-electron chi connectivity index (χ1n) is 9.31. The second kappa shape index (κ2) is 10.2. The van der Waals surface area contributed by atoms with Gasteiger partial charge in [0.1, 0.15) is 11.5 Å². The third kappa shape index (κ3) is 5.68. The fraction of sp³-hybridized carbons (Fsp3) is 0.136. The number of ether oxygens (including phenoxy) is 1. The summed E-state index contributed by atoms with van der Waals surface area (Å²) in [5.41, 5.74) is 1.53. The summed E-state index contributed by atoms with van der Waals surface area (Å²) in [4.78, 5) is 24.7. The van der Waals surface area contributed by atoms with Crippen LogP contribution in [0.3, 0.4) is 0 Å². The maximum absolute atomic E-state index is 12.5. The van der Waals surface area contributed by atoms with E-state index >= 15 is 0 Å². The van der Waals surface area contributed by atoms with E-state index in [-0.39, 0.29) is 16.9 Å². The Morgan fingerprint density at radius 2 is 1.77 bits per heavy atom. The lowest BCUT2D eigenvalue weighted by Gasteiger charge is -2.12. The van der Waals surface area contributed by atoms with Crippen molar-refractivity contribution in [3.8, 4) is 5.75 Å². The number of hydrogen-bond acceptors (Lipinski definition) is 5. The van der Waals surface area contributed by atoms with Crippen molar-refractivity contribution in [3.05, 3.63) is 83.8 Å². The number of carbonyl (C=O) groups is 2. The summed E-state index contributed by atoms with van der Waals surface area (Å²) in [6.45, 7) is 2.61. The Bertz CT molecular complexity index is 1020. The van der Waals surface area contributed by atoms with Gasteiger partial charge in [-0.25, -0.2) is 0 Å². The van der Waals surface area contributed by atoms with Crippen molar-refractivity contribution in [1.29, 1.82) is 0 Å². The number of furan rings is 1. The molecule has 2 aromatic carbocycles. The van der Waals surface area contributed by atoms with Gasteiger partial charge in [0.05, 0.1) is 25.0 Å². The summed E-state index contributed by atoms with van der Waals surface area (Å²) in [5, 5.41) is 8.47. The minimum absolute atomic E-state index is 0.140. The Balaban J connectivity index is 1.54. The van der Waals surface area contributed by atoms with Gasteiger partial charge in [-0.15, -0.1) is 0 Å². The highest BCUT2D eigenvalue weighted by Gasteiger charge is 2.13. The van der Waals surface area contributed by atoms with E-state index in [1.165, 1.54) is 0 Å². The number of nitrogens with one attached hydrogen (secondary N) is 3. The monoisotopic (exact) mass is 423 g/mol. The summed E-state index contributed by atoms with van der Waals surface area (Å²) < 4.78 is 10.7. The van der Waals surface area contributed by atoms with Crippen molar-refractivity contribution in [3.63, 3.8) is 0 Å². The molecule has 0 unspecified atom stereocenters. The van der Waals surface area contributed by atoms with Crippen LogP contribution in [0.15, 0.2) is 71.3 Å². The van der Waals surface area contributed by atoms with E-state index in [4.69, 9.17) is 21.4 Å². The lowest BCUT2D eigenvalue weighted by Crippen LogP contribution is -2.34. The van der Waals surface area contributed by atoms with E-state index in [0.29, 0.717) is 41.5 Å². The van der Waals surface area contributed by atoms with Crippen LogP contribution >= 0.6 is 12.2 Å². The SMILES string of the molecule is CCOc1ccccc1C(=O)NC(=S)Nc1ccc(C(=O)NCc2ccco2)cc1. The van der Waals surface area contributed by atoms with Crippen LogP contribution in [0.2, 0.25) is 0 Å². The molecule has 154 valence electrons. The molecule has 8 heteroatoms. The van der Waals surface area contributed by atoms with Gasteiger partial charge in [0, 0.05) is 11.3 Å². The molecule has 0 aliphatic carbocycles. The van der Waals surface area contributed by atoms with Gasteiger partial charge in [0.25, 0.3) is 11.8 Å². The number of benzene rings is 2. The fourth-order valence-electron chi connectivity index (χ4n) is 2.66. The van der Waals surface area contributed by atoms with Gasteiger partial charge in [-0.2, -0.15) is 0 Å². The fourth-order valence-corrected chi connectivity index (χ4v) is 2.87. The first kappa shape index (κ1) is 21.1. The van der Waals surface area contributed by atoms with Crippen molar-refractivity contribution in [2.75, 3.05) is 11.9 Å². The molecule has 0 radical (unpaired) electrons. The molecule has 0 aliphatic rings. The normalized spacial score (nSPS) is 10.2. The number of para-hydroxylation sites is 1. The third-order valence-electron chi connectivity index (χ3n) is 4.07. The number of hydrogen-bond donors (Lipinski definition) is 3. The highest BCUT2D eigenvalue weighted by atomic mass is 32.1.